The van der Waals surface area contributed by atoms with E-state index >= 15 is 0 Å². The Labute approximate surface area is 68.9 Å². The van der Waals surface area contributed by atoms with E-state index in [1.165, 1.54) is 19.3 Å². The lowest BCUT2D eigenvalue weighted by Crippen LogP contribution is -2.46. The number of hydrogen-bond acceptors (Lipinski definition) is 2. The summed E-state index contributed by atoms with van der Waals surface area (Å²) in [6.07, 6.45) is 4.95. The fraction of sp³-hybridized carbons (Fsp3) is 0.778. The van der Waals surface area contributed by atoms with Gasteiger partial charge in [-0.3, -0.25) is 0 Å². The molecule has 2 nitrogen and oxygen atoms in total. The largest absolute Gasteiger partial charge is 0.385 e. The van der Waals surface area contributed by atoms with Crippen molar-refractivity contribution in [2.75, 3.05) is 0 Å². The average Bonchev–Trinajstić information content (AvgIpc) is 1.93. The topological polar surface area (TPSA) is 38.0 Å². The summed E-state index contributed by atoms with van der Waals surface area (Å²) in [6.45, 7) is 5.80. The predicted molar refractivity (Wildman–Crippen MR) is 48.2 cm³/mol. The first-order valence-corrected chi connectivity index (χ1v) is 4.38. The number of nitrogens with one attached hydrogen (secondary N) is 1. The van der Waals surface area contributed by atoms with Gasteiger partial charge >= 0.3 is 0 Å². The Morgan fingerprint density at radius 3 is 2.64 bits per heavy atom. The van der Waals surface area contributed by atoms with Crippen molar-refractivity contribution in [3.63, 3.8) is 0 Å². The van der Waals surface area contributed by atoms with Gasteiger partial charge in [-0.15, -0.1) is 0 Å². The van der Waals surface area contributed by atoms with Crippen LogP contribution >= 0.6 is 0 Å². The fourth-order valence-corrected chi connectivity index (χ4v) is 1.66. The Morgan fingerprint density at radius 2 is 2.09 bits per heavy atom. The molecule has 0 radical (unpaired) electrons. The highest BCUT2D eigenvalue weighted by atomic mass is 15.0. The Kier molecular flexibility index (Phi) is 2.94. The van der Waals surface area contributed by atoms with Crippen LogP contribution in [0.2, 0.25) is 0 Å². The van der Waals surface area contributed by atoms with Gasteiger partial charge in [0.15, 0.2) is 0 Å². The van der Waals surface area contributed by atoms with E-state index in [9.17, 15) is 0 Å². The predicted octanol–water partition coefficient (Wildman–Crippen LogP) is 1.38. The van der Waals surface area contributed by atoms with Gasteiger partial charge < -0.3 is 11.1 Å². The molecule has 1 aliphatic rings. The minimum absolute atomic E-state index is 0.334. The number of hydrogen-bond donors (Lipinski definition) is 2. The highest BCUT2D eigenvalue weighted by Gasteiger charge is 2.20. The minimum atomic E-state index is 0.334. The molecule has 0 aromatic rings. The minimum Gasteiger partial charge on any atom is -0.385 e. The van der Waals surface area contributed by atoms with Gasteiger partial charge in [-0.25, -0.2) is 0 Å². The first-order valence-electron chi connectivity index (χ1n) is 4.38. The second-order valence-electron chi connectivity index (χ2n) is 3.48. The lowest BCUT2D eigenvalue weighted by atomic mass is 9.91. The third kappa shape index (κ3) is 2.54. The summed E-state index contributed by atoms with van der Waals surface area (Å²) in [5.41, 5.74) is 6.96. The highest BCUT2D eigenvalue weighted by molar-refractivity contribution is 4.94. The van der Waals surface area contributed by atoms with E-state index in [0.717, 1.165) is 12.1 Å². The molecule has 0 aromatic carbocycles. The highest BCUT2D eigenvalue weighted by Crippen LogP contribution is 2.17. The quantitative estimate of drug-likeness (QED) is 0.630. The first-order chi connectivity index (χ1) is 5.20. The molecular formula is C9H18N2. The third-order valence-electron chi connectivity index (χ3n) is 2.25. The summed E-state index contributed by atoms with van der Waals surface area (Å²) < 4.78 is 0. The molecule has 0 aromatic heterocycles. The molecular weight excluding hydrogens is 136 g/mol. The lowest BCUT2D eigenvalue weighted by Gasteiger charge is -2.30. The van der Waals surface area contributed by atoms with E-state index in [1.807, 2.05) is 6.92 Å². The molecule has 2 atom stereocenters. The zero-order valence-corrected chi connectivity index (χ0v) is 7.27. The molecule has 0 unspecified atom stereocenters. The maximum atomic E-state index is 5.92. The zero-order chi connectivity index (χ0) is 8.27. The van der Waals surface area contributed by atoms with Gasteiger partial charge in [0.2, 0.25) is 0 Å². The molecule has 1 fully saturated rings. The summed E-state index contributed by atoms with van der Waals surface area (Å²) in [7, 11) is 0. The van der Waals surface area contributed by atoms with E-state index in [4.69, 9.17) is 5.73 Å². The molecule has 64 valence electrons. The van der Waals surface area contributed by atoms with E-state index in [2.05, 4.69) is 11.9 Å². The molecule has 0 saturated heterocycles. The molecule has 0 bridgehead atoms. The fourth-order valence-electron chi connectivity index (χ4n) is 1.66. The molecule has 11 heavy (non-hydrogen) atoms. The van der Waals surface area contributed by atoms with Crippen LogP contribution in [-0.4, -0.2) is 12.1 Å². The van der Waals surface area contributed by atoms with E-state index in [-0.39, 0.29) is 0 Å². The van der Waals surface area contributed by atoms with Gasteiger partial charge in [0.25, 0.3) is 0 Å². The molecule has 0 spiro atoms. The van der Waals surface area contributed by atoms with Crippen molar-refractivity contribution < 1.29 is 0 Å². The van der Waals surface area contributed by atoms with E-state index in [1.54, 1.807) is 0 Å². The molecule has 0 heterocycles. The zero-order valence-electron chi connectivity index (χ0n) is 7.27. The van der Waals surface area contributed by atoms with Crippen molar-refractivity contribution in [3.8, 4) is 0 Å². The van der Waals surface area contributed by atoms with Crippen molar-refractivity contribution in [1.29, 1.82) is 0 Å². The monoisotopic (exact) mass is 154 g/mol. The maximum Gasteiger partial charge on any atom is 0.0409 e. The number of rotatable bonds is 2. The molecule has 1 aliphatic carbocycles. The van der Waals surface area contributed by atoms with Crippen molar-refractivity contribution in [2.24, 2.45) is 5.73 Å². The van der Waals surface area contributed by atoms with Crippen LogP contribution in [0.4, 0.5) is 0 Å². The Balaban J connectivity index is 2.35. The van der Waals surface area contributed by atoms with Crippen LogP contribution in [0.15, 0.2) is 12.3 Å². The van der Waals surface area contributed by atoms with Crippen LogP contribution in [-0.2, 0) is 0 Å². The van der Waals surface area contributed by atoms with Gasteiger partial charge in [0.1, 0.15) is 0 Å². The maximum absolute atomic E-state index is 5.92. The third-order valence-corrected chi connectivity index (χ3v) is 2.25. The van der Waals surface area contributed by atoms with Gasteiger partial charge in [0, 0.05) is 17.8 Å². The molecule has 1 saturated carbocycles. The summed E-state index contributed by atoms with van der Waals surface area (Å²) >= 11 is 0. The Hall–Kier alpha value is -0.500. The SMILES string of the molecule is C=C(C)N[C@@H]1CCCC[C@@H]1N. The average molecular weight is 154 g/mol. The van der Waals surface area contributed by atoms with Crippen LogP contribution in [0, 0.1) is 0 Å². The smallest absolute Gasteiger partial charge is 0.0409 e. The standard InChI is InChI=1S/C9H18N2/c1-7(2)11-9-6-4-3-5-8(9)10/h8-9,11H,1,3-6,10H2,2H3/t8-,9+/m0/s1. The number of nitrogens with two attached hydrogens (primary N) is 1. The molecule has 0 amide bonds. The van der Waals surface area contributed by atoms with Crippen molar-refractivity contribution in [3.05, 3.63) is 12.3 Å². The van der Waals surface area contributed by atoms with Gasteiger partial charge in [0.05, 0.1) is 0 Å². The van der Waals surface area contributed by atoms with Crippen LogP contribution in [0.1, 0.15) is 32.6 Å². The summed E-state index contributed by atoms with van der Waals surface area (Å²) in [6, 6.07) is 0.807. The van der Waals surface area contributed by atoms with Crippen molar-refractivity contribution in [1.82, 2.24) is 5.32 Å². The van der Waals surface area contributed by atoms with Crippen LogP contribution in [0.25, 0.3) is 0 Å². The van der Waals surface area contributed by atoms with Gasteiger partial charge in [-0.1, -0.05) is 19.4 Å². The van der Waals surface area contributed by atoms with E-state index in [0.29, 0.717) is 12.1 Å². The van der Waals surface area contributed by atoms with Crippen LogP contribution in [0.3, 0.4) is 0 Å². The second-order valence-corrected chi connectivity index (χ2v) is 3.48. The van der Waals surface area contributed by atoms with Crippen LogP contribution in [0.5, 0.6) is 0 Å². The molecule has 3 N–H and O–H groups in total. The first kappa shape index (κ1) is 8.60. The molecule has 1 rings (SSSR count). The second kappa shape index (κ2) is 3.77. The molecule has 2 heteroatoms. The van der Waals surface area contributed by atoms with E-state index < -0.39 is 0 Å². The number of allylic oxidation sites excluding steroid dienone is 1. The summed E-state index contributed by atoms with van der Waals surface area (Å²) in [5, 5.41) is 3.31. The van der Waals surface area contributed by atoms with Gasteiger partial charge in [-0.2, -0.15) is 0 Å². The Morgan fingerprint density at radius 1 is 1.45 bits per heavy atom. The van der Waals surface area contributed by atoms with Crippen molar-refractivity contribution in [2.45, 2.75) is 44.7 Å². The van der Waals surface area contributed by atoms with Crippen LogP contribution < -0.4 is 11.1 Å². The van der Waals surface area contributed by atoms with Gasteiger partial charge in [-0.05, 0) is 19.8 Å². The van der Waals surface area contributed by atoms with Crippen molar-refractivity contribution >= 4 is 0 Å². The molecule has 0 aliphatic heterocycles. The summed E-state index contributed by atoms with van der Waals surface area (Å²) in [5.74, 6) is 0. The normalized spacial score (nSPS) is 31.5. The Bertz CT molecular complexity index is 142. The summed E-state index contributed by atoms with van der Waals surface area (Å²) in [4.78, 5) is 0. The lowest BCUT2D eigenvalue weighted by molar-refractivity contribution is 0.347.